The molecule has 3 rings (SSSR count). The predicted octanol–water partition coefficient (Wildman–Crippen LogP) is 1.92. The summed E-state index contributed by atoms with van der Waals surface area (Å²) in [7, 11) is 0. The number of carbonyl (C=O) groups excluding carboxylic acids is 1. The van der Waals surface area contributed by atoms with Crippen molar-refractivity contribution in [2.24, 2.45) is 5.92 Å². The number of amides is 1. The Balaban J connectivity index is 1.68. The van der Waals surface area contributed by atoms with E-state index in [4.69, 9.17) is 0 Å². The number of carboxylic acid groups (broad SMARTS) is 1. The second kappa shape index (κ2) is 7.27. The standard InChI is InChI=1S/C19H24N4O3/c1-12-13(2)21-23(14(12)3)9-7-18(24)22-10-15(16(11-22)19(25)26)17-6-4-5-8-20-17/h4-6,8,15-16H,7,9-11H2,1-3H3,(H,25,26)/t15-,16-/m1/s1. The number of aromatic nitrogens is 3. The average Bonchev–Trinajstić information content (AvgIpc) is 3.18. The zero-order valence-electron chi connectivity index (χ0n) is 15.3. The molecule has 0 aliphatic carbocycles. The maximum atomic E-state index is 12.6. The molecule has 138 valence electrons. The maximum Gasteiger partial charge on any atom is 0.309 e. The normalized spacial score (nSPS) is 19.7. The van der Waals surface area contributed by atoms with Gasteiger partial charge in [0.25, 0.3) is 0 Å². The summed E-state index contributed by atoms with van der Waals surface area (Å²) >= 11 is 0. The van der Waals surface area contributed by atoms with Gasteiger partial charge in [-0.3, -0.25) is 19.3 Å². The minimum atomic E-state index is -0.884. The van der Waals surface area contributed by atoms with Crippen LogP contribution < -0.4 is 0 Å². The second-order valence-corrected chi connectivity index (χ2v) is 6.87. The van der Waals surface area contributed by atoms with E-state index in [1.165, 1.54) is 0 Å². The van der Waals surface area contributed by atoms with Crippen LogP contribution >= 0.6 is 0 Å². The van der Waals surface area contributed by atoms with Crippen LogP contribution in [-0.2, 0) is 16.1 Å². The first-order valence-corrected chi connectivity index (χ1v) is 8.80. The predicted molar refractivity (Wildman–Crippen MR) is 95.7 cm³/mol. The first-order chi connectivity index (χ1) is 12.4. The van der Waals surface area contributed by atoms with Crippen LogP contribution in [0.4, 0.5) is 0 Å². The van der Waals surface area contributed by atoms with Crippen molar-refractivity contribution < 1.29 is 14.7 Å². The van der Waals surface area contributed by atoms with E-state index in [-0.39, 0.29) is 18.4 Å². The highest BCUT2D eigenvalue weighted by atomic mass is 16.4. The summed E-state index contributed by atoms with van der Waals surface area (Å²) in [6, 6.07) is 5.47. The molecule has 0 aromatic carbocycles. The minimum absolute atomic E-state index is 0.0418. The van der Waals surface area contributed by atoms with E-state index >= 15 is 0 Å². The van der Waals surface area contributed by atoms with E-state index in [0.29, 0.717) is 19.5 Å². The number of hydrogen-bond donors (Lipinski definition) is 1. The van der Waals surface area contributed by atoms with Crippen LogP contribution in [0.5, 0.6) is 0 Å². The Morgan fingerprint density at radius 1 is 1.23 bits per heavy atom. The summed E-state index contributed by atoms with van der Waals surface area (Å²) in [5.74, 6) is -1.82. The van der Waals surface area contributed by atoms with Crippen molar-refractivity contribution in [3.63, 3.8) is 0 Å². The lowest BCUT2D eigenvalue weighted by atomic mass is 9.93. The van der Waals surface area contributed by atoms with E-state index in [9.17, 15) is 14.7 Å². The van der Waals surface area contributed by atoms with Gasteiger partial charge in [-0.2, -0.15) is 5.10 Å². The third-order valence-corrected chi connectivity index (χ3v) is 5.34. The Morgan fingerprint density at radius 3 is 2.58 bits per heavy atom. The van der Waals surface area contributed by atoms with E-state index in [1.807, 2.05) is 37.6 Å². The van der Waals surface area contributed by atoms with Gasteiger partial charge in [0.2, 0.25) is 5.91 Å². The number of likely N-dealkylation sites (tertiary alicyclic amines) is 1. The van der Waals surface area contributed by atoms with Gasteiger partial charge < -0.3 is 10.0 Å². The summed E-state index contributed by atoms with van der Waals surface area (Å²) in [5, 5.41) is 14.0. The van der Waals surface area contributed by atoms with Crippen molar-refractivity contribution in [3.05, 3.63) is 47.0 Å². The number of pyridine rings is 1. The second-order valence-electron chi connectivity index (χ2n) is 6.87. The zero-order chi connectivity index (χ0) is 18.8. The van der Waals surface area contributed by atoms with Gasteiger partial charge in [0.05, 0.1) is 11.6 Å². The number of hydrogen-bond acceptors (Lipinski definition) is 4. The van der Waals surface area contributed by atoms with Crippen molar-refractivity contribution in [1.29, 1.82) is 0 Å². The zero-order valence-corrected chi connectivity index (χ0v) is 15.3. The fourth-order valence-electron chi connectivity index (χ4n) is 3.52. The van der Waals surface area contributed by atoms with Gasteiger partial charge in [-0.1, -0.05) is 6.07 Å². The van der Waals surface area contributed by atoms with Gasteiger partial charge in [-0.05, 0) is 38.5 Å². The van der Waals surface area contributed by atoms with E-state index in [0.717, 1.165) is 22.6 Å². The molecule has 1 amide bonds. The summed E-state index contributed by atoms with van der Waals surface area (Å²) in [6.07, 6.45) is 1.96. The van der Waals surface area contributed by atoms with Crippen LogP contribution in [0.25, 0.3) is 0 Å². The molecule has 0 saturated carbocycles. The Bertz CT molecular complexity index is 816. The molecule has 0 spiro atoms. The molecule has 2 atom stereocenters. The minimum Gasteiger partial charge on any atom is -0.481 e. The van der Waals surface area contributed by atoms with E-state index in [1.54, 1.807) is 17.2 Å². The molecule has 7 heteroatoms. The van der Waals surface area contributed by atoms with Gasteiger partial charge in [0.1, 0.15) is 0 Å². The van der Waals surface area contributed by atoms with E-state index < -0.39 is 11.9 Å². The van der Waals surface area contributed by atoms with Crippen molar-refractivity contribution in [3.8, 4) is 0 Å². The molecule has 1 N–H and O–H groups in total. The molecule has 3 heterocycles. The van der Waals surface area contributed by atoms with Crippen molar-refractivity contribution in [2.75, 3.05) is 13.1 Å². The van der Waals surface area contributed by atoms with E-state index in [2.05, 4.69) is 10.1 Å². The number of aliphatic carboxylic acids is 1. The SMILES string of the molecule is Cc1nn(CCC(=O)N2C[C@@H](C(=O)O)[C@H](c3ccccn3)C2)c(C)c1C. The largest absolute Gasteiger partial charge is 0.481 e. The highest BCUT2D eigenvalue weighted by Gasteiger charge is 2.40. The molecular weight excluding hydrogens is 332 g/mol. The van der Waals surface area contributed by atoms with Gasteiger partial charge >= 0.3 is 5.97 Å². The third-order valence-electron chi connectivity index (χ3n) is 5.34. The molecular formula is C19H24N4O3. The number of nitrogens with zero attached hydrogens (tertiary/aromatic N) is 4. The lowest BCUT2D eigenvalue weighted by Crippen LogP contribution is -2.30. The smallest absolute Gasteiger partial charge is 0.309 e. The maximum absolute atomic E-state index is 12.6. The highest BCUT2D eigenvalue weighted by molar-refractivity contribution is 5.79. The lowest BCUT2D eigenvalue weighted by molar-refractivity contribution is -0.141. The summed E-state index contributed by atoms with van der Waals surface area (Å²) in [5.41, 5.74) is 3.90. The fourth-order valence-corrected chi connectivity index (χ4v) is 3.52. The molecule has 1 saturated heterocycles. The van der Waals surface area contributed by atoms with Gasteiger partial charge in [-0.25, -0.2) is 0 Å². The summed E-state index contributed by atoms with van der Waals surface area (Å²) < 4.78 is 1.85. The molecule has 26 heavy (non-hydrogen) atoms. The monoisotopic (exact) mass is 356 g/mol. The topological polar surface area (TPSA) is 88.3 Å². The molecule has 0 radical (unpaired) electrons. The van der Waals surface area contributed by atoms with Crippen molar-refractivity contribution in [2.45, 2.75) is 39.7 Å². The van der Waals surface area contributed by atoms with Crippen LogP contribution in [0.15, 0.2) is 24.4 Å². The molecule has 1 fully saturated rings. The quantitative estimate of drug-likeness (QED) is 0.884. The molecule has 1 aliphatic rings. The fraction of sp³-hybridized carbons (Fsp3) is 0.474. The first kappa shape index (κ1) is 18.1. The molecule has 2 aromatic heterocycles. The Kier molecular flexibility index (Phi) is 5.06. The van der Waals surface area contributed by atoms with Crippen LogP contribution in [0.2, 0.25) is 0 Å². The molecule has 7 nitrogen and oxygen atoms in total. The summed E-state index contributed by atoms with van der Waals surface area (Å²) in [4.78, 5) is 30.2. The molecule has 0 unspecified atom stereocenters. The number of carbonyl (C=O) groups is 2. The molecule has 0 bridgehead atoms. The van der Waals surface area contributed by atoms with Crippen LogP contribution in [0.1, 0.15) is 35.0 Å². The van der Waals surface area contributed by atoms with Crippen molar-refractivity contribution in [1.82, 2.24) is 19.7 Å². The van der Waals surface area contributed by atoms with Crippen LogP contribution in [0.3, 0.4) is 0 Å². The Morgan fingerprint density at radius 2 is 2.00 bits per heavy atom. The Labute approximate surface area is 152 Å². The number of carboxylic acids is 1. The van der Waals surface area contributed by atoms with Gasteiger partial charge in [0, 0.05) is 49.6 Å². The number of aryl methyl sites for hydroxylation is 2. The third kappa shape index (κ3) is 3.47. The molecule has 2 aromatic rings. The molecule has 1 aliphatic heterocycles. The van der Waals surface area contributed by atoms with Gasteiger partial charge in [0.15, 0.2) is 0 Å². The highest BCUT2D eigenvalue weighted by Crippen LogP contribution is 2.32. The van der Waals surface area contributed by atoms with Crippen LogP contribution in [0, 0.1) is 26.7 Å². The van der Waals surface area contributed by atoms with Crippen LogP contribution in [-0.4, -0.2) is 49.7 Å². The number of rotatable bonds is 5. The lowest BCUT2D eigenvalue weighted by Gasteiger charge is -2.16. The summed E-state index contributed by atoms with van der Waals surface area (Å²) in [6.45, 7) is 7.09. The van der Waals surface area contributed by atoms with Gasteiger partial charge in [-0.15, -0.1) is 0 Å². The van der Waals surface area contributed by atoms with Crippen molar-refractivity contribution >= 4 is 11.9 Å². The Hall–Kier alpha value is -2.70. The average molecular weight is 356 g/mol. The first-order valence-electron chi connectivity index (χ1n) is 8.80.